The summed E-state index contributed by atoms with van der Waals surface area (Å²) in [5.41, 5.74) is 0. The molecule has 3 nitrogen and oxygen atoms in total. The molecule has 90 valence electrons. The quantitative estimate of drug-likeness (QED) is 0.764. The number of carboxylic acid groups (broad SMARTS) is 1. The topological polar surface area (TPSA) is 57.5 Å². The van der Waals surface area contributed by atoms with Crippen LogP contribution in [0.1, 0.15) is 0 Å². The van der Waals surface area contributed by atoms with Crippen LogP contribution in [0, 0.1) is 0 Å². The Labute approximate surface area is 98.0 Å². The normalized spacial score (nSPS) is 10.3. The SMILES string of the molecule is O=C(O)C(F)(F)F.Oc1cccc(Cl)c1Cl. The Bertz CT molecular complexity index is 359. The highest BCUT2D eigenvalue weighted by molar-refractivity contribution is 6.42. The maximum Gasteiger partial charge on any atom is 0.490 e. The van der Waals surface area contributed by atoms with E-state index >= 15 is 0 Å². The number of benzene rings is 1. The molecule has 16 heavy (non-hydrogen) atoms. The minimum absolute atomic E-state index is 0.0177. The van der Waals surface area contributed by atoms with Crippen molar-refractivity contribution in [2.24, 2.45) is 0 Å². The second-order valence-electron chi connectivity index (χ2n) is 2.38. The zero-order valence-electron chi connectivity index (χ0n) is 7.42. The smallest absolute Gasteiger partial charge is 0.490 e. The number of alkyl halides is 3. The van der Waals surface area contributed by atoms with E-state index in [9.17, 15) is 13.2 Å². The van der Waals surface area contributed by atoms with Crippen LogP contribution in [0.2, 0.25) is 10.0 Å². The highest BCUT2D eigenvalue weighted by Gasteiger charge is 2.38. The van der Waals surface area contributed by atoms with Crippen LogP contribution in [0.4, 0.5) is 13.2 Å². The van der Waals surface area contributed by atoms with Crippen LogP contribution < -0.4 is 0 Å². The van der Waals surface area contributed by atoms with Gasteiger partial charge in [-0.3, -0.25) is 0 Å². The van der Waals surface area contributed by atoms with Gasteiger partial charge in [-0.15, -0.1) is 0 Å². The van der Waals surface area contributed by atoms with Crippen molar-refractivity contribution >= 4 is 29.2 Å². The summed E-state index contributed by atoms with van der Waals surface area (Å²) in [7, 11) is 0. The van der Waals surface area contributed by atoms with Gasteiger partial charge in [0.05, 0.1) is 5.02 Å². The van der Waals surface area contributed by atoms with Crippen LogP contribution in [-0.4, -0.2) is 22.4 Å². The average Bonchev–Trinajstić information content (AvgIpc) is 2.13. The lowest BCUT2D eigenvalue weighted by Gasteiger charge is -1.95. The van der Waals surface area contributed by atoms with Gasteiger partial charge in [0.2, 0.25) is 0 Å². The molecule has 0 saturated carbocycles. The van der Waals surface area contributed by atoms with Crippen LogP contribution in [0.3, 0.4) is 0 Å². The fraction of sp³-hybridized carbons (Fsp3) is 0.125. The lowest BCUT2D eigenvalue weighted by Crippen LogP contribution is -2.21. The number of aromatic hydroxyl groups is 1. The fourth-order valence-corrected chi connectivity index (χ4v) is 0.788. The first-order valence-electron chi connectivity index (χ1n) is 3.59. The molecule has 0 aliphatic heterocycles. The van der Waals surface area contributed by atoms with Crippen molar-refractivity contribution in [2.45, 2.75) is 6.18 Å². The summed E-state index contributed by atoms with van der Waals surface area (Å²) >= 11 is 11.0. The van der Waals surface area contributed by atoms with Crippen LogP contribution >= 0.6 is 23.2 Å². The Kier molecular flexibility index (Phi) is 5.40. The van der Waals surface area contributed by atoms with E-state index in [1.807, 2.05) is 0 Å². The van der Waals surface area contributed by atoms with E-state index in [-0.39, 0.29) is 10.8 Å². The first-order valence-corrected chi connectivity index (χ1v) is 4.35. The first-order chi connectivity index (χ1) is 7.16. The molecular weight excluding hydrogens is 272 g/mol. The molecule has 0 unspecified atom stereocenters. The number of hydrogen-bond acceptors (Lipinski definition) is 2. The second-order valence-corrected chi connectivity index (χ2v) is 3.16. The van der Waals surface area contributed by atoms with Crippen molar-refractivity contribution in [1.29, 1.82) is 0 Å². The third kappa shape index (κ3) is 5.09. The number of aliphatic carboxylic acids is 1. The molecule has 0 fully saturated rings. The second kappa shape index (κ2) is 5.81. The van der Waals surface area contributed by atoms with Gasteiger partial charge < -0.3 is 10.2 Å². The van der Waals surface area contributed by atoms with Gasteiger partial charge in [-0.25, -0.2) is 4.79 Å². The average molecular weight is 277 g/mol. The lowest BCUT2D eigenvalue weighted by atomic mass is 10.3. The van der Waals surface area contributed by atoms with Gasteiger partial charge in [0.1, 0.15) is 10.8 Å². The maximum atomic E-state index is 10.6. The molecule has 0 aliphatic rings. The van der Waals surface area contributed by atoms with Crippen molar-refractivity contribution in [3.8, 4) is 5.75 Å². The van der Waals surface area contributed by atoms with Crippen LogP contribution in [0.25, 0.3) is 0 Å². The Morgan fingerprint density at radius 3 is 1.94 bits per heavy atom. The minimum Gasteiger partial charge on any atom is -0.506 e. The van der Waals surface area contributed by atoms with Gasteiger partial charge in [-0.2, -0.15) is 13.2 Å². The molecule has 0 bridgehead atoms. The Morgan fingerprint density at radius 1 is 1.25 bits per heavy atom. The summed E-state index contributed by atoms with van der Waals surface area (Å²) < 4.78 is 31.7. The zero-order chi connectivity index (χ0) is 12.9. The number of phenols is 1. The fourth-order valence-electron chi connectivity index (χ4n) is 0.492. The van der Waals surface area contributed by atoms with E-state index in [0.717, 1.165) is 0 Å². The standard InChI is InChI=1S/C6H4Cl2O.C2HF3O2/c7-4-2-1-3-5(9)6(4)8;3-2(4,5)1(6)7/h1-3,9H;(H,6,7). The van der Waals surface area contributed by atoms with Crippen molar-refractivity contribution < 1.29 is 28.2 Å². The Balaban J connectivity index is 0.000000293. The molecule has 1 aromatic carbocycles. The van der Waals surface area contributed by atoms with Crippen molar-refractivity contribution in [3.05, 3.63) is 28.2 Å². The molecule has 8 heteroatoms. The molecule has 0 aromatic heterocycles. The highest BCUT2D eigenvalue weighted by atomic mass is 35.5. The molecule has 0 spiro atoms. The van der Waals surface area contributed by atoms with E-state index < -0.39 is 12.1 Å². The van der Waals surface area contributed by atoms with E-state index in [0.29, 0.717) is 5.02 Å². The number of phenolic OH excluding ortho intramolecular Hbond substituents is 1. The maximum absolute atomic E-state index is 10.6. The van der Waals surface area contributed by atoms with E-state index in [1.165, 1.54) is 6.07 Å². The zero-order valence-corrected chi connectivity index (χ0v) is 8.94. The molecular formula is C8H5Cl2F3O3. The first kappa shape index (κ1) is 14.9. The predicted octanol–water partition coefficient (Wildman–Crippen LogP) is 3.33. The minimum atomic E-state index is -5.08. The molecule has 0 radical (unpaired) electrons. The number of hydrogen-bond donors (Lipinski definition) is 2. The highest BCUT2D eigenvalue weighted by Crippen LogP contribution is 2.29. The molecule has 1 rings (SSSR count). The van der Waals surface area contributed by atoms with Gasteiger partial charge in [0.25, 0.3) is 0 Å². The van der Waals surface area contributed by atoms with Crippen molar-refractivity contribution in [1.82, 2.24) is 0 Å². The van der Waals surface area contributed by atoms with Crippen LogP contribution in [-0.2, 0) is 4.79 Å². The third-order valence-corrected chi connectivity index (χ3v) is 1.98. The molecule has 0 aliphatic carbocycles. The molecule has 0 amide bonds. The lowest BCUT2D eigenvalue weighted by molar-refractivity contribution is -0.192. The van der Waals surface area contributed by atoms with Gasteiger partial charge >= 0.3 is 12.1 Å². The van der Waals surface area contributed by atoms with Crippen LogP contribution in [0.15, 0.2) is 18.2 Å². The molecule has 0 heterocycles. The molecule has 0 atom stereocenters. The van der Waals surface area contributed by atoms with E-state index in [4.69, 9.17) is 38.2 Å². The van der Waals surface area contributed by atoms with E-state index in [1.54, 1.807) is 12.1 Å². The van der Waals surface area contributed by atoms with E-state index in [2.05, 4.69) is 0 Å². The summed E-state index contributed by atoms with van der Waals surface area (Å²) in [6, 6.07) is 4.72. The van der Waals surface area contributed by atoms with Gasteiger partial charge in [0, 0.05) is 0 Å². The third-order valence-electron chi connectivity index (χ3n) is 1.17. The summed E-state index contributed by atoms with van der Waals surface area (Å²) in [5.74, 6) is -2.74. The number of rotatable bonds is 0. The monoisotopic (exact) mass is 276 g/mol. The van der Waals surface area contributed by atoms with Crippen molar-refractivity contribution in [3.63, 3.8) is 0 Å². The summed E-state index contributed by atoms with van der Waals surface area (Å²) in [6.45, 7) is 0. The van der Waals surface area contributed by atoms with Gasteiger partial charge in [-0.1, -0.05) is 29.3 Å². The van der Waals surface area contributed by atoms with Gasteiger partial charge in [0.15, 0.2) is 0 Å². The largest absolute Gasteiger partial charge is 0.506 e. The molecule has 1 aromatic rings. The Hall–Kier alpha value is -1.14. The predicted molar refractivity (Wildman–Crippen MR) is 51.8 cm³/mol. The van der Waals surface area contributed by atoms with Crippen LogP contribution in [0.5, 0.6) is 5.75 Å². The molecule has 0 saturated heterocycles. The summed E-state index contributed by atoms with van der Waals surface area (Å²) in [4.78, 5) is 8.90. The molecule has 2 N–H and O–H groups in total. The van der Waals surface area contributed by atoms with Crippen molar-refractivity contribution in [2.75, 3.05) is 0 Å². The number of halogens is 5. The Morgan fingerprint density at radius 2 is 1.69 bits per heavy atom. The number of carboxylic acids is 1. The summed E-state index contributed by atoms with van der Waals surface area (Å²) in [5, 5.41) is 16.6. The number of carbonyl (C=O) groups is 1. The summed E-state index contributed by atoms with van der Waals surface area (Å²) in [6.07, 6.45) is -5.08. The van der Waals surface area contributed by atoms with Gasteiger partial charge in [-0.05, 0) is 12.1 Å².